The quantitative estimate of drug-likeness (QED) is 0.925. The van der Waals surface area contributed by atoms with Crippen LogP contribution in [0.15, 0.2) is 53.4 Å². The molecule has 4 nitrogen and oxygen atoms in total. The van der Waals surface area contributed by atoms with E-state index in [9.17, 15) is 21.6 Å². The number of aryl methyl sites for hydroxylation is 1. The Morgan fingerprint density at radius 3 is 2.00 bits per heavy atom. The van der Waals surface area contributed by atoms with E-state index in [0.29, 0.717) is 0 Å². The van der Waals surface area contributed by atoms with Crippen molar-refractivity contribution in [3.63, 3.8) is 0 Å². The Morgan fingerprint density at radius 2 is 1.52 bits per heavy atom. The van der Waals surface area contributed by atoms with Crippen molar-refractivity contribution in [1.29, 1.82) is 0 Å². The SMILES string of the molecule is Cc1ccc(S(=O)(=O)C([NH3+])c2ccc(OC(F)(F)F)cc2)cc1. The van der Waals surface area contributed by atoms with E-state index in [0.717, 1.165) is 17.7 Å². The third-order valence-corrected chi connectivity index (χ3v) is 5.16. The van der Waals surface area contributed by atoms with Gasteiger partial charge >= 0.3 is 6.36 Å². The molecule has 0 aliphatic rings. The van der Waals surface area contributed by atoms with Gasteiger partial charge in [-0.2, -0.15) is 0 Å². The lowest BCUT2D eigenvalue weighted by atomic mass is 10.2. The molecule has 2 aromatic rings. The van der Waals surface area contributed by atoms with Gasteiger partial charge in [0, 0.05) is 5.56 Å². The Balaban J connectivity index is 2.25. The molecule has 0 amide bonds. The van der Waals surface area contributed by atoms with Crippen LogP contribution in [0.3, 0.4) is 0 Å². The van der Waals surface area contributed by atoms with Crippen molar-refractivity contribution >= 4 is 9.84 Å². The minimum absolute atomic E-state index is 0.110. The number of hydrogen-bond donors (Lipinski definition) is 1. The van der Waals surface area contributed by atoms with Crippen LogP contribution in [-0.2, 0) is 9.84 Å². The average molecular weight is 346 g/mol. The molecule has 0 spiro atoms. The number of quaternary nitrogens is 1. The molecule has 23 heavy (non-hydrogen) atoms. The number of ether oxygens (including phenoxy) is 1. The van der Waals surface area contributed by atoms with Crippen LogP contribution in [-0.4, -0.2) is 14.8 Å². The largest absolute Gasteiger partial charge is 0.573 e. The van der Waals surface area contributed by atoms with E-state index in [4.69, 9.17) is 0 Å². The maximum atomic E-state index is 12.5. The molecule has 0 saturated heterocycles. The maximum Gasteiger partial charge on any atom is 0.573 e. The lowest BCUT2D eigenvalue weighted by Gasteiger charge is -2.12. The summed E-state index contributed by atoms with van der Waals surface area (Å²) in [5, 5.41) is -1.13. The van der Waals surface area contributed by atoms with E-state index in [-0.39, 0.29) is 10.5 Å². The van der Waals surface area contributed by atoms with Crippen molar-refractivity contribution in [2.24, 2.45) is 0 Å². The highest BCUT2D eigenvalue weighted by Gasteiger charge is 2.32. The van der Waals surface area contributed by atoms with E-state index in [1.54, 1.807) is 12.1 Å². The first-order valence-electron chi connectivity index (χ1n) is 6.59. The van der Waals surface area contributed by atoms with Crippen LogP contribution in [0.1, 0.15) is 16.5 Å². The first-order chi connectivity index (χ1) is 10.6. The van der Waals surface area contributed by atoms with Crippen molar-refractivity contribution in [2.75, 3.05) is 0 Å². The molecule has 2 aromatic carbocycles. The summed E-state index contributed by atoms with van der Waals surface area (Å²) >= 11 is 0. The zero-order chi connectivity index (χ0) is 17.3. The third-order valence-electron chi connectivity index (χ3n) is 3.21. The van der Waals surface area contributed by atoms with E-state index >= 15 is 0 Å². The van der Waals surface area contributed by atoms with Crippen LogP contribution in [0.25, 0.3) is 0 Å². The molecule has 0 aliphatic carbocycles. The van der Waals surface area contributed by atoms with Crippen LogP contribution in [0.5, 0.6) is 5.75 Å². The first kappa shape index (κ1) is 17.3. The lowest BCUT2D eigenvalue weighted by Crippen LogP contribution is -2.57. The topological polar surface area (TPSA) is 71.0 Å². The van der Waals surface area contributed by atoms with Gasteiger partial charge in [0.1, 0.15) is 5.75 Å². The fourth-order valence-electron chi connectivity index (χ4n) is 1.96. The summed E-state index contributed by atoms with van der Waals surface area (Å²) in [5.74, 6) is -0.416. The summed E-state index contributed by atoms with van der Waals surface area (Å²) in [7, 11) is -3.73. The Hall–Kier alpha value is -2.06. The average Bonchev–Trinajstić information content (AvgIpc) is 2.46. The van der Waals surface area contributed by atoms with Gasteiger partial charge < -0.3 is 10.5 Å². The van der Waals surface area contributed by atoms with Gasteiger partial charge in [-0.05, 0) is 43.3 Å². The molecule has 0 fully saturated rings. The number of alkyl halides is 3. The minimum Gasteiger partial charge on any atom is -0.406 e. The second-order valence-corrected chi connectivity index (χ2v) is 7.09. The molecular weight excluding hydrogens is 331 g/mol. The molecular formula is C15H15F3NO3S+. The molecule has 0 aromatic heterocycles. The van der Waals surface area contributed by atoms with Crippen LogP contribution in [0.4, 0.5) is 13.2 Å². The number of sulfone groups is 1. The predicted molar refractivity (Wildman–Crippen MR) is 77.1 cm³/mol. The van der Waals surface area contributed by atoms with Crippen LogP contribution in [0.2, 0.25) is 0 Å². The van der Waals surface area contributed by atoms with Crippen LogP contribution < -0.4 is 10.5 Å². The molecule has 0 heterocycles. The van der Waals surface area contributed by atoms with Gasteiger partial charge in [0.05, 0.1) is 4.90 Å². The number of rotatable bonds is 4. The minimum atomic E-state index is -4.79. The van der Waals surface area contributed by atoms with Crippen molar-refractivity contribution in [2.45, 2.75) is 23.6 Å². The standard InChI is InChI=1S/C15H14F3NO3S/c1-10-2-8-13(9-3-10)23(20,21)14(19)11-4-6-12(7-5-11)22-15(16,17)18/h2-9,14H,19H2,1H3/p+1. The number of halogens is 3. The first-order valence-corrected chi connectivity index (χ1v) is 8.13. The molecule has 1 unspecified atom stereocenters. The second-order valence-electron chi connectivity index (χ2n) is 4.96. The van der Waals surface area contributed by atoms with Gasteiger partial charge in [0.2, 0.25) is 15.2 Å². The predicted octanol–water partition coefficient (Wildman–Crippen LogP) is 2.61. The molecule has 124 valence electrons. The van der Waals surface area contributed by atoms with Crippen LogP contribution in [0, 0.1) is 6.92 Å². The van der Waals surface area contributed by atoms with Crippen LogP contribution >= 0.6 is 0 Å². The van der Waals surface area contributed by atoms with E-state index in [2.05, 4.69) is 10.5 Å². The van der Waals surface area contributed by atoms with Gasteiger partial charge in [0.25, 0.3) is 0 Å². The van der Waals surface area contributed by atoms with Gasteiger partial charge in [0.15, 0.2) is 0 Å². The normalized spacial score (nSPS) is 13.6. The van der Waals surface area contributed by atoms with E-state index in [1.807, 2.05) is 6.92 Å². The zero-order valence-corrected chi connectivity index (χ0v) is 13.0. The summed E-state index contributed by atoms with van der Waals surface area (Å²) in [6.45, 7) is 1.83. The molecule has 0 aliphatic heterocycles. The fourth-order valence-corrected chi connectivity index (χ4v) is 3.31. The summed E-state index contributed by atoms with van der Waals surface area (Å²) in [6, 6.07) is 10.9. The van der Waals surface area contributed by atoms with Crippen molar-refractivity contribution in [3.05, 3.63) is 59.7 Å². The zero-order valence-electron chi connectivity index (χ0n) is 12.2. The van der Waals surface area contributed by atoms with E-state index in [1.165, 1.54) is 24.3 Å². The molecule has 0 saturated carbocycles. The van der Waals surface area contributed by atoms with Gasteiger partial charge in [-0.25, -0.2) is 8.42 Å². The molecule has 0 radical (unpaired) electrons. The molecule has 8 heteroatoms. The molecule has 2 rings (SSSR count). The molecule has 0 bridgehead atoms. The monoisotopic (exact) mass is 346 g/mol. The highest BCUT2D eigenvalue weighted by molar-refractivity contribution is 7.91. The van der Waals surface area contributed by atoms with Gasteiger partial charge in [-0.3, -0.25) is 0 Å². The third kappa shape index (κ3) is 4.23. The number of benzene rings is 2. The van der Waals surface area contributed by atoms with Gasteiger partial charge in [-0.1, -0.05) is 17.7 Å². The highest BCUT2D eigenvalue weighted by Crippen LogP contribution is 2.27. The Bertz CT molecular complexity index is 769. The van der Waals surface area contributed by atoms with Gasteiger partial charge in [-0.15, -0.1) is 13.2 Å². The molecule has 1 atom stereocenters. The Labute approximate surface area is 131 Å². The smallest absolute Gasteiger partial charge is 0.406 e. The summed E-state index contributed by atoms with van der Waals surface area (Å²) < 4.78 is 65.1. The molecule has 3 N–H and O–H groups in total. The summed E-state index contributed by atoms with van der Waals surface area (Å²) in [5.41, 5.74) is 4.82. The summed E-state index contributed by atoms with van der Waals surface area (Å²) in [4.78, 5) is 0.110. The summed E-state index contributed by atoms with van der Waals surface area (Å²) in [6.07, 6.45) is -4.79. The Morgan fingerprint density at radius 1 is 1.00 bits per heavy atom. The van der Waals surface area contributed by atoms with E-state index < -0.39 is 27.3 Å². The van der Waals surface area contributed by atoms with Crippen molar-refractivity contribution < 1.29 is 32.1 Å². The van der Waals surface area contributed by atoms with Crippen molar-refractivity contribution in [3.8, 4) is 5.75 Å². The second kappa shape index (κ2) is 6.21. The maximum absolute atomic E-state index is 12.5. The number of hydrogen-bond acceptors (Lipinski definition) is 3. The highest BCUT2D eigenvalue weighted by atomic mass is 32.2. The Kier molecular flexibility index (Phi) is 4.67. The van der Waals surface area contributed by atoms with Crippen molar-refractivity contribution in [1.82, 2.24) is 0 Å². The fraction of sp³-hybridized carbons (Fsp3) is 0.200. The lowest BCUT2D eigenvalue weighted by molar-refractivity contribution is -0.394.